The minimum absolute atomic E-state index is 0.796. The van der Waals surface area contributed by atoms with Crippen LogP contribution in [0.4, 0.5) is 0 Å². The molecular formula is C12H14N6+2. The SMILES string of the molecule is C[n+]1ccn(-c2cncc(-n3cc[n+](C)c3)n2)c1. The Morgan fingerprint density at radius 2 is 1.39 bits per heavy atom. The summed E-state index contributed by atoms with van der Waals surface area (Å²) in [7, 11) is 3.94. The molecule has 3 aromatic heterocycles. The molecule has 0 atom stereocenters. The van der Waals surface area contributed by atoms with Crippen molar-refractivity contribution in [2.75, 3.05) is 0 Å². The zero-order chi connectivity index (χ0) is 12.5. The topological polar surface area (TPSA) is 43.4 Å². The monoisotopic (exact) mass is 242 g/mol. The van der Waals surface area contributed by atoms with Crippen LogP contribution in [0.25, 0.3) is 11.6 Å². The highest BCUT2D eigenvalue weighted by atomic mass is 15.2. The van der Waals surface area contributed by atoms with Crippen molar-refractivity contribution in [3.63, 3.8) is 0 Å². The molecule has 0 unspecified atom stereocenters. The first-order valence-corrected chi connectivity index (χ1v) is 5.61. The predicted molar refractivity (Wildman–Crippen MR) is 63.0 cm³/mol. The number of hydrogen-bond acceptors (Lipinski definition) is 2. The fraction of sp³-hybridized carbons (Fsp3) is 0.167. The highest BCUT2D eigenvalue weighted by Crippen LogP contribution is 2.05. The van der Waals surface area contributed by atoms with Gasteiger partial charge in [-0.05, 0) is 0 Å². The molecule has 3 rings (SSSR count). The molecular weight excluding hydrogens is 228 g/mol. The Bertz CT molecular complexity index is 626. The molecule has 0 aliphatic heterocycles. The van der Waals surface area contributed by atoms with Gasteiger partial charge in [0.15, 0.2) is 0 Å². The molecule has 0 fully saturated rings. The average Bonchev–Trinajstić information content (AvgIpc) is 2.98. The van der Waals surface area contributed by atoms with E-state index in [1.807, 2.05) is 69.8 Å². The molecule has 0 saturated heterocycles. The van der Waals surface area contributed by atoms with Gasteiger partial charge in [-0.3, -0.25) is 4.98 Å². The number of aryl methyl sites for hydroxylation is 2. The van der Waals surface area contributed by atoms with Crippen LogP contribution in [0, 0.1) is 0 Å². The summed E-state index contributed by atoms with van der Waals surface area (Å²) < 4.78 is 7.79. The van der Waals surface area contributed by atoms with E-state index in [1.54, 1.807) is 12.4 Å². The van der Waals surface area contributed by atoms with E-state index >= 15 is 0 Å². The Hall–Kier alpha value is -2.50. The maximum Gasteiger partial charge on any atom is 0.250 e. The lowest BCUT2D eigenvalue weighted by molar-refractivity contribution is -0.670. The normalized spacial score (nSPS) is 10.8. The van der Waals surface area contributed by atoms with Crippen molar-refractivity contribution in [3.05, 3.63) is 49.8 Å². The predicted octanol–water partition coefficient (Wildman–Crippen LogP) is -0.293. The summed E-state index contributed by atoms with van der Waals surface area (Å²) in [5.41, 5.74) is 0. The molecule has 6 heteroatoms. The van der Waals surface area contributed by atoms with Crippen LogP contribution in [0.15, 0.2) is 49.8 Å². The molecule has 90 valence electrons. The van der Waals surface area contributed by atoms with E-state index in [1.165, 1.54) is 0 Å². The maximum absolute atomic E-state index is 4.58. The average molecular weight is 242 g/mol. The summed E-state index contributed by atoms with van der Waals surface area (Å²) in [4.78, 5) is 8.81. The van der Waals surface area contributed by atoms with Crippen molar-refractivity contribution in [1.82, 2.24) is 19.1 Å². The second-order valence-corrected chi connectivity index (χ2v) is 4.21. The first-order valence-electron chi connectivity index (χ1n) is 5.61. The lowest BCUT2D eigenvalue weighted by atomic mass is 10.6. The van der Waals surface area contributed by atoms with Gasteiger partial charge in [-0.15, -0.1) is 0 Å². The fourth-order valence-electron chi connectivity index (χ4n) is 1.77. The van der Waals surface area contributed by atoms with Gasteiger partial charge >= 0.3 is 0 Å². The van der Waals surface area contributed by atoms with Crippen LogP contribution in [0.1, 0.15) is 0 Å². The third-order valence-electron chi connectivity index (χ3n) is 2.68. The molecule has 0 radical (unpaired) electrons. The summed E-state index contributed by atoms with van der Waals surface area (Å²) in [6.45, 7) is 0. The van der Waals surface area contributed by atoms with Crippen molar-refractivity contribution in [1.29, 1.82) is 0 Å². The van der Waals surface area contributed by atoms with Crippen molar-refractivity contribution >= 4 is 0 Å². The summed E-state index contributed by atoms with van der Waals surface area (Å²) >= 11 is 0. The van der Waals surface area contributed by atoms with Crippen molar-refractivity contribution < 1.29 is 9.13 Å². The van der Waals surface area contributed by atoms with Crippen LogP contribution in [-0.2, 0) is 14.1 Å². The molecule has 0 aliphatic carbocycles. The summed E-state index contributed by atoms with van der Waals surface area (Å²) in [6.07, 6.45) is 15.2. The van der Waals surface area contributed by atoms with Crippen molar-refractivity contribution in [3.8, 4) is 11.6 Å². The lowest BCUT2D eigenvalue weighted by Gasteiger charge is -1.96. The number of aromatic nitrogens is 6. The van der Waals surface area contributed by atoms with Gasteiger partial charge < -0.3 is 0 Å². The van der Waals surface area contributed by atoms with E-state index in [0.29, 0.717) is 0 Å². The van der Waals surface area contributed by atoms with Gasteiger partial charge in [0.25, 0.3) is 0 Å². The van der Waals surface area contributed by atoms with E-state index < -0.39 is 0 Å². The van der Waals surface area contributed by atoms with Crippen LogP contribution in [0.5, 0.6) is 0 Å². The van der Waals surface area contributed by atoms with Gasteiger partial charge in [0.2, 0.25) is 24.3 Å². The third-order valence-corrected chi connectivity index (χ3v) is 2.68. The zero-order valence-corrected chi connectivity index (χ0v) is 10.3. The molecule has 3 aromatic rings. The standard InChI is InChI=1S/C12H14N6/c1-15-3-5-17(9-15)11-7-13-8-12(14-11)18-6-4-16(2)10-18/h3-10H,1-2H3/q+2. The van der Waals surface area contributed by atoms with Crippen molar-refractivity contribution in [2.45, 2.75) is 0 Å². The van der Waals surface area contributed by atoms with Gasteiger partial charge in [0.05, 0.1) is 26.5 Å². The van der Waals surface area contributed by atoms with Crippen molar-refractivity contribution in [2.24, 2.45) is 14.1 Å². The van der Waals surface area contributed by atoms with Crippen LogP contribution in [0.2, 0.25) is 0 Å². The smallest absolute Gasteiger partial charge is 0.250 e. The highest BCUT2D eigenvalue weighted by molar-refractivity contribution is 5.26. The molecule has 0 saturated carbocycles. The van der Waals surface area contributed by atoms with Gasteiger partial charge in [-0.25, -0.2) is 9.13 Å². The van der Waals surface area contributed by atoms with E-state index in [9.17, 15) is 0 Å². The molecule has 3 heterocycles. The summed E-state index contributed by atoms with van der Waals surface area (Å²) in [5.74, 6) is 1.59. The second-order valence-electron chi connectivity index (χ2n) is 4.21. The number of rotatable bonds is 2. The van der Waals surface area contributed by atoms with Gasteiger partial charge in [0.1, 0.15) is 24.8 Å². The molecule has 0 amide bonds. The van der Waals surface area contributed by atoms with Crippen LogP contribution < -0.4 is 9.13 Å². The number of hydrogen-bond donors (Lipinski definition) is 0. The van der Waals surface area contributed by atoms with E-state index in [4.69, 9.17) is 0 Å². The quantitative estimate of drug-likeness (QED) is 0.579. The molecule has 6 nitrogen and oxygen atoms in total. The largest absolute Gasteiger partial charge is 0.252 e. The van der Waals surface area contributed by atoms with Gasteiger partial charge in [-0.2, -0.15) is 14.1 Å². The van der Waals surface area contributed by atoms with Crippen LogP contribution in [-0.4, -0.2) is 19.1 Å². The fourth-order valence-corrected chi connectivity index (χ4v) is 1.77. The van der Waals surface area contributed by atoms with Crippen LogP contribution >= 0.6 is 0 Å². The third kappa shape index (κ3) is 1.88. The summed E-state index contributed by atoms with van der Waals surface area (Å²) in [6, 6.07) is 0. The number of nitrogens with zero attached hydrogens (tertiary/aromatic N) is 6. The molecule has 0 aromatic carbocycles. The number of imidazole rings is 2. The van der Waals surface area contributed by atoms with E-state index in [0.717, 1.165) is 11.6 Å². The van der Waals surface area contributed by atoms with Gasteiger partial charge in [-0.1, -0.05) is 0 Å². The second kappa shape index (κ2) is 4.06. The van der Waals surface area contributed by atoms with E-state index in [2.05, 4.69) is 9.97 Å². The Labute approximate surface area is 104 Å². The van der Waals surface area contributed by atoms with Gasteiger partial charge in [0, 0.05) is 0 Å². The van der Waals surface area contributed by atoms with E-state index in [-0.39, 0.29) is 0 Å². The lowest BCUT2D eigenvalue weighted by Crippen LogP contribution is -2.24. The Morgan fingerprint density at radius 3 is 1.78 bits per heavy atom. The minimum atomic E-state index is 0.796. The Kier molecular flexibility index (Phi) is 2.40. The highest BCUT2D eigenvalue weighted by Gasteiger charge is 2.11. The zero-order valence-electron chi connectivity index (χ0n) is 10.3. The molecule has 18 heavy (non-hydrogen) atoms. The Balaban J connectivity index is 2.04. The maximum atomic E-state index is 4.58. The molecule has 0 N–H and O–H groups in total. The first kappa shape index (κ1) is 10.6. The summed E-state index contributed by atoms with van der Waals surface area (Å²) in [5, 5.41) is 0. The minimum Gasteiger partial charge on any atom is -0.252 e. The molecule has 0 spiro atoms. The van der Waals surface area contributed by atoms with Crippen LogP contribution in [0.3, 0.4) is 0 Å². The first-order chi connectivity index (χ1) is 8.72. The molecule has 0 bridgehead atoms. The Morgan fingerprint density at radius 1 is 0.889 bits per heavy atom. The molecule has 0 aliphatic rings.